The summed E-state index contributed by atoms with van der Waals surface area (Å²) in [5.74, 6) is -1.06. The fraction of sp³-hybridized carbons (Fsp3) is 0.786. The van der Waals surface area contributed by atoms with E-state index in [1.807, 2.05) is 13.8 Å². The average molecular weight is 266 g/mol. The van der Waals surface area contributed by atoms with E-state index >= 15 is 0 Å². The number of hydrogen-bond acceptors (Lipinski definition) is 3. The van der Waals surface area contributed by atoms with Crippen molar-refractivity contribution < 1.29 is 14.4 Å². The van der Waals surface area contributed by atoms with E-state index < -0.39 is 17.9 Å². The van der Waals surface area contributed by atoms with Crippen LogP contribution in [0.4, 0.5) is 4.79 Å². The zero-order valence-corrected chi connectivity index (χ0v) is 11.6. The Morgan fingerprint density at radius 3 is 2.47 bits per heavy atom. The first-order chi connectivity index (χ1) is 9.06. The van der Waals surface area contributed by atoms with Crippen LogP contribution in [0, 0.1) is 11.8 Å². The molecule has 1 saturated heterocycles. The second-order valence-corrected chi connectivity index (χ2v) is 5.63. The highest BCUT2D eigenvalue weighted by Gasteiger charge is 2.43. The van der Waals surface area contributed by atoms with Crippen LogP contribution in [0.3, 0.4) is 0 Å². The Bertz CT molecular complexity index is 388. The van der Waals surface area contributed by atoms with Crippen molar-refractivity contribution in [2.75, 3.05) is 0 Å². The van der Waals surface area contributed by atoms with Gasteiger partial charge in [0, 0.05) is 6.04 Å². The molecule has 0 bridgehead atoms. The van der Waals surface area contributed by atoms with E-state index in [9.17, 15) is 14.4 Å². The minimum Gasteiger partial charge on any atom is -0.277 e. The van der Waals surface area contributed by atoms with Crippen LogP contribution in [0.15, 0.2) is 0 Å². The zero-order chi connectivity index (χ0) is 14.0. The van der Waals surface area contributed by atoms with Crippen molar-refractivity contribution in [3.05, 3.63) is 0 Å². The van der Waals surface area contributed by atoms with E-state index in [-0.39, 0.29) is 11.9 Å². The van der Waals surface area contributed by atoms with Crippen LogP contribution in [0.2, 0.25) is 0 Å². The molecule has 5 nitrogen and oxygen atoms in total. The number of urea groups is 1. The van der Waals surface area contributed by atoms with Gasteiger partial charge < -0.3 is 0 Å². The maximum absolute atomic E-state index is 12.4. The lowest BCUT2D eigenvalue weighted by Gasteiger charge is -2.36. The standard InChI is InChI=1S/C14H22N2O3/c1-3-6-11-12(17)15-14(19)16(13(11)18)9(2)10-7-4-5-8-10/h9-11H,3-8H2,1-2H3,(H,15,17,19). The Morgan fingerprint density at radius 1 is 1.26 bits per heavy atom. The van der Waals surface area contributed by atoms with Crippen LogP contribution >= 0.6 is 0 Å². The van der Waals surface area contributed by atoms with Gasteiger partial charge in [-0.2, -0.15) is 0 Å². The van der Waals surface area contributed by atoms with Crippen LogP contribution in [-0.2, 0) is 9.59 Å². The summed E-state index contributed by atoms with van der Waals surface area (Å²) in [4.78, 5) is 37.3. The zero-order valence-electron chi connectivity index (χ0n) is 11.6. The summed E-state index contributed by atoms with van der Waals surface area (Å²) in [6, 6.07) is -0.649. The summed E-state index contributed by atoms with van der Waals surface area (Å²) in [5.41, 5.74) is 0. The van der Waals surface area contributed by atoms with Gasteiger partial charge in [0.1, 0.15) is 5.92 Å². The van der Waals surface area contributed by atoms with Crippen LogP contribution < -0.4 is 5.32 Å². The summed E-state index contributed by atoms with van der Waals surface area (Å²) in [6.07, 6.45) is 5.71. The number of carbonyl (C=O) groups is 3. The van der Waals surface area contributed by atoms with Crippen molar-refractivity contribution in [1.29, 1.82) is 0 Å². The molecule has 2 rings (SSSR count). The van der Waals surface area contributed by atoms with Crippen molar-refractivity contribution in [1.82, 2.24) is 10.2 Å². The van der Waals surface area contributed by atoms with E-state index in [0.717, 1.165) is 32.1 Å². The number of amides is 4. The molecule has 0 aromatic rings. The first-order valence-corrected chi connectivity index (χ1v) is 7.24. The number of nitrogens with zero attached hydrogens (tertiary/aromatic N) is 1. The molecule has 1 aliphatic carbocycles. The molecule has 1 saturated carbocycles. The summed E-state index contributed by atoms with van der Waals surface area (Å²) >= 11 is 0. The first-order valence-electron chi connectivity index (χ1n) is 7.24. The van der Waals surface area contributed by atoms with E-state index in [4.69, 9.17) is 0 Å². The van der Waals surface area contributed by atoms with E-state index in [1.165, 1.54) is 4.90 Å². The van der Waals surface area contributed by atoms with Crippen LogP contribution in [-0.4, -0.2) is 28.8 Å². The molecule has 2 aliphatic rings. The molecule has 2 unspecified atom stereocenters. The first kappa shape index (κ1) is 14.0. The lowest BCUT2D eigenvalue weighted by Crippen LogP contribution is -2.61. The minimum absolute atomic E-state index is 0.109. The van der Waals surface area contributed by atoms with Gasteiger partial charge in [0.25, 0.3) is 0 Å². The van der Waals surface area contributed by atoms with Crippen LogP contribution in [0.1, 0.15) is 52.4 Å². The fourth-order valence-electron chi connectivity index (χ4n) is 3.21. The molecule has 1 N–H and O–H groups in total. The SMILES string of the molecule is CCCC1C(=O)NC(=O)N(C(C)C2CCCC2)C1=O. The third kappa shape index (κ3) is 2.65. The van der Waals surface area contributed by atoms with Crippen molar-refractivity contribution in [3.63, 3.8) is 0 Å². The Balaban J connectivity index is 2.15. The molecule has 2 fully saturated rings. The second kappa shape index (κ2) is 5.72. The van der Waals surface area contributed by atoms with Gasteiger partial charge in [-0.25, -0.2) is 4.79 Å². The molecule has 19 heavy (non-hydrogen) atoms. The highest BCUT2D eigenvalue weighted by molar-refractivity contribution is 6.16. The molecule has 4 amide bonds. The van der Waals surface area contributed by atoms with Gasteiger partial charge in [-0.15, -0.1) is 0 Å². The minimum atomic E-state index is -0.688. The highest BCUT2D eigenvalue weighted by Crippen LogP contribution is 2.32. The molecule has 0 radical (unpaired) electrons. The Kier molecular flexibility index (Phi) is 4.22. The highest BCUT2D eigenvalue weighted by atomic mass is 16.2. The van der Waals surface area contributed by atoms with Crippen LogP contribution in [0.5, 0.6) is 0 Å². The quantitative estimate of drug-likeness (QED) is 0.792. The summed E-state index contributed by atoms with van der Waals surface area (Å²) < 4.78 is 0. The lowest BCUT2D eigenvalue weighted by molar-refractivity contribution is -0.144. The summed E-state index contributed by atoms with van der Waals surface area (Å²) in [7, 11) is 0. The smallest absolute Gasteiger partial charge is 0.277 e. The Labute approximate surface area is 113 Å². The van der Waals surface area contributed by atoms with Gasteiger partial charge in [-0.05, 0) is 32.1 Å². The molecule has 2 atom stereocenters. The Morgan fingerprint density at radius 2 is 1.89 bits per heavy atom. The number of barbiturate groups is 1. The van der Waals surface area contributed by atoms with Crippen molar-refractivity contribution in [2.45, 2.75) is 58.4 Å². The number of carbonyl (C=O) groups excluding carboxylic acids is 3. The third-order valence-corrected chi connectivity index (χ3v) is 4.37. The lowest BCUT2D eigenvalue weighted by atomic mass is 9.93. The normalized spacial score (nSPS) is 26.7. The molecular formula is C14H22N2O3. The maximum atomic E-state index is 12.4. The molecule has 5 heteroatoms. The van der Waals surface area contributed by atoms with Crippen molar-refractivity contribution in [2.24, 2.45) is 11.8 Å². The molecule has 0 aromatic heterocycles. The largest absolute Gasteiger partial charge is 0.331 e. The predicted molar refractivity (Wildman–Crippen MR) is 70.2 cm³/mol. The fourth-order valence-corrected chi connectivity index (χ4v) is 3.21. The number of nitrogens with one attached hydrogen (secondary N) is 1. The topological polar surface area (TPSA) is 66.5 Å². The number of hydrogen-bond donors (Lipinski definition) is 1. The van der Waals surface area contributed by atoms with Gasteiger partial charge in [0.05, 0.1) is 0 Å². The molecule has 1 heterocycles. The molecule has 0 aromatic carbocycles. The van der Waals surface area contributed by atoms with Crippen molar-refractivity contribution >= 4 is 17.8 Å². The monoisotopic (exact) mass is 266 g/mol. The van der Waals surface area contributed by atoms with E-state index in [1.54, 1.807) is 0 Å². The molecule has 0 spiro atoms. The maximum Gasteiger partial charge on any atom is 0.331 e. The third-order valence-electron chi connectivity index (χ3n) is 4.37. The molecule has 106 valence electrons. The van der Waals surface area contributed by atoms with Crippen LogP contribution in [0.25, 0.3) is 0 Å². The summed E-state index contributed by atoms with van der Waals surface area (Å²) in [5, 5.41) is 2.33. The summed E-state index contributed by atoms with van der Waals surface area (Å²) in [6.45, 7) is 3.86. The average Bonchev–Trinajstić information content (AvgIpc) is 2.87. The van der Waals surface area contributed by atoms with E-state index in [2.05, 4.69) is 5.32 Å². The molecular weight excluding hydrogens is 244 g/mol. The Hall–Kier alpha value is -1.39. The second-order valence-electron chi connectivity index (χ2n) is 5.63. The van der Waals surface area contributed by atoms with Gasteiger partial charge in [0.2, 0.25) is 11.8 Å². The van der Waals surface area contributed by atoms with Gasteiger partial charge in [-0.1, -0.05) is 26.2 Å². The van der Waals surface area contributed by atoms with Gasteiger partial charge in [-0.3, -0.25) is 19.8 Å². The van der Waals surface area contributed by atoms with Gasteiger partial charge >= 0.3 is 6.03 Å². The van der Waals surface area contributed by atoms with E-state index in [0.29, 0.717) is 12.3 Å². The number of imide groups is 2. The molecule has 1 aliphatic heterocycles. The van der Waals surface area contributed by atoms with Gasteiger partial charge in [0.15, 0.2) is 0 Å². The predicted octanol–water partition coefficient (Wildman–Crippen LogP) is 2.06. The number of rotatable bonds is 4. The van der Waals surface area contributed by atoms with Crippen molar-refractivity contribution in [3.8, 4) is 0 Å².